The summed E-state index contributed by atoms with van der Waals surface area (Å²) in [6.07, 6.45) is 0.576. The van der Waals surface area contributed by atoms with E-state index in [4.69, 9.17) is 33.7 Å². The first kappa shape index (κ1) is 15.2. The predicted octanol–water partition coefficient (Wildman–Crippen LogP) is 4.42. The van der Waals surface area contributed by atoms with E-state index in [0.29, 0.717) is 16.5 Å². The number of benzene rings is 2. The number of halogens is 2. The van der Waals surface area contributed by atoms with E-state index in [2.05, 4.69) is 0 Å². The fourth-order valence-corrected chi connectivity index (χ4v) is 2.67. The summed E-state index contributed by atoms with van der Waals surface area (Å²) >= 11 is 12.2. The van der Waals surface area contributed by atoms with E-state index in [0.717, 1.165) is 16.9 Å². The van der Waals surface area contributed by atoms with Gasteiger partial charge < -0.3 is 10.5 Å². The molecular formula is C16H17Cl2NO. The lowest BCUT2D eigenvalue weighted by Gasteiger charge is -2.27. The molecule has 1 unspecified atom stereocenters. The van der Waals surface area contributed by atoms with Gasteiger partial charge in [-0.05, 0) is 43.2 Å². The van der Waals surface area contributed by atoms with E-state index in [1.54, 1.807) is 19.2 Å². The van der Waals surface area contributed by atoms with Gasteiger partial charge in [0.05, 0.1) is 7.11 Å². The van der Waals surface area contributed by atoms with E-state index in [9.17, 15) is 0 Å². The van der Waals surface area contributed by atoms with Crippen LogP contribution in [-0.2, 0) is 12.0 Å². The Morgan fingerprint density at radius 2 is 1.85 bits per heavy atom. The minimum Gasteiger partial charge on any atom is -0.496 e. The fourth-order valence-electron chi connectivity index (χ4n) is 2.29. The number of methoxy groups -OCH3 is 1. The Kier molecular flexibility index (Phi) is 4.59. The van der Waals surface area contributed by atoms with Gasteiger partial charge in [0.2, 0.25) is 0 Å². The molecule has 0 saturated carbocycles. The van der Waals surface area contributed by atoms with Crippen molar-refractivity contribution in [1.82, 2.24) is 0 Å². The van der Waals surface area contributed by atoms with Crippen LogP contribution in [0.2, 0.25) is 10.0 Å². The van der Waals surface area contributed by atoms with Gasteiger partial charge in [-0.3, -0.25) is 0 Å². The van der Waals surface area contributed by atoms with Crippen molar-refractivity contribution in [3.8, 4) is 5.75 Å². The molecule has 2 N–H and O–H groups in total. The molecule has 2 aromatic carbocycles. The Hall–Kier alpha value is -1.22. The molecule has 4 heteroatoms. The van der Waals surface area contributed by atoms with Crippen molar-refractivity contribution >= 4 is 23.2 Å². The van der Waals surface area contributed by atoms with Crippen molar-refractivity contribution in [3.63, 3.8) is 0 Å². The number of para-hydroxylation sites is 1. The van der Waals surface area contributed by atoms with Crippen LogP contribution in [0.25, 0.3) is 0 Å². The summed E-state index contributed by atoms with van der Waals surface area (Å²) in [6, 6.07) is 13.1. The van der Waals surface area contributed by atoms with Crippen LogP contribution in [0.5, 0.6) is 5.75 Å². The fraction of sp³-hybridized carbons (Fsp3) is 0.250. The van der Waals surface area contributed by atoms with Gasteiger partial charge in [-0.25, -0.2) is 0 Å². The third-order valence-corrected chi connectivity index (χ3v) is 3.89. The molecule has 0 aromatic heterocycles. The Balaban J connectivity index is 2.37. The molecule has 20 heavy (non-hydrogen) atoms. The first-order valence-electron chi connectivity index (χ1n) is 6.30. The van der Waals surface area contributed by atoms with Crippen molar-refractivity contribution < 1.29 is 4.74 Å². The van der Waals surface area contributed by atoms with Crippen molar-refractivity contribution in [1.29, 1.82) is 0 Å². The van der Waals surface area contributed by atoms with Crippen molar-refractivity contribution in [2.24, 2.45) is 5.73 Å². The van der Waals surface area contributed by atoms with Crippen LogP contribution in [0.3, 0.4) is 0 Å². The van der Waals surface area contributed by atoms with Crippen LogP contribution in [0.4, 0.5) is 0 Å². The van der Waals surface area contributed by atoms with E-state index >= 15 is 0 Å². The van der Waals surface area contributed by atoms with Crippen LogP contribution in [0, 0.1) is 0 Å². The van der Waals surface area contributed by atoms with E-state index < -0.39 is 5.54 Å². The monoisotopic (exact) mass is 309 g/mol. The van der Waals surface area contributed by atoms with Crippen molar-refractivity contribution in [3.05, 3.63) is 63.6 Å². The quantitative estimate of drug-likeness (QED) is 0.907. The molecule has 0 aliphatic heterocycles. The summed E-state index contributed by atoms with van der Waals surface area (Å²) in [5.41, 5.74) is 7.76. The zero-order chi connectivity index (χ0) is 14.8. The maximum atomic E-state index is 6.48. The highest BCUT2D eigenvalue weighted by Gasteiger charge is 2.26. The number of hydrogen-bond donors (Lipinski definition) is 1. The van der Waals surface area contributed by atoms with Gasteiger partial charge in [0.25, 0.3) is 0 Å². The van der Waals surface area contributed by atoms with Crippen LogP contribution in [-0.4, -0.2) is 7.11 Å². The highest BCUT2D eigenvalue weighted by molar-refractivity contribution is 6.33. The maximum absolute atomic E-state index is 6.48. The van der Waals surface area contributed by atoms with Crippen molar-refractivity contribution in [2.45, 2.75) is 18.9 Å². The highest BCUT2D eigenvalue weighted by atomic mass is 35.5. The Bertz CT molecular complexity index is 611. The minimum absolute atomic E-state index is 0.576. The van der Waals surface area contributed by atoms with Crippen LogP contribution in [0.1, 0.15) is 18.1 Å². The second kappa shape index (κ2) is 6.04. The van der Waals surface area contributed by atoms with Gasteiger partial charge >= 0.3 is 0 Å². The van der Waals surface area contributed by atoms with Gasteiger partial charge in [0.1, 0.15) is 5.75 Å². The molecule has 0 radical (unpaired) electrons. The zero-order valence-electron chi connectivity index (χ0n) is 11.5. The van der Waals surface area contributed by atoms with Crippen LogP contribution >= 0.6 is 23.2 Å². The lowest BCUT2D eigenvalue weighted by Crippen LogP contribution is -2.36. The normalized spacial score (nSPS) is 13.8. The topological polar surface area (TPSA) is 35.2 Å². The van der Waals surface area contributed by atoms with Crippen LogP contribution in [0.15, 0.2) is 42.5 Å². The first-order chi connectivity index (χ1) is 9.44. The van der Waals surface area contributed by atoms with Crippen molar-refractivity contribution in [2.75, 3.05) is 7.11 Å². The summed E-state index contributed by atoms with van der Waals surface area (Å²) < 4.78 is 5.38. The number of ether oxygens (including phenoxy) is 1. The molecule has 2 rings (SSSR count). The number of rotatable bonds is 4. The lowest BCUT2D eigenvalue weighted by atomic mass is 9.86. The Morgan fingerprint density at radius 3 is 2.55 bits per heavy atom. The van der Waals surface area contributed by atoms with Gasteiger partial charge in [-0.15, -0.1) is 0 Å². The number of nitrogens with two attached hydrogens (primary N) is 1. The second-order valence-corrected chi connectivity index (χ2v) is 5.87. The molecule has 2 aromatic rings. The minimum atomic E-state index is -0.596. The number of hydrogen-bond acceptors (Lipinski definition) is 2. The summed E-state index contributed by atoms with van der Waals surface area (Å²) in [4.78, 5) is 0. The predicted molar refractivity (Wildman–Crippen MR) is 84.7 cm³/mol. The SMILES string of the molecule is COc1ccccc1C(C)(N)Cc1cc(Cl)ccc1Cl. The molecule has 0 fully saturated rings. The third kappa shape index (κ3) is 3.26. The summed E-state index contributed by atoms with van der Waals surface area (Å²) in [5.74, 6) is 0.774. The molecule has 0 amide bonds. The highest BCUT2D eigenvalue weighted by Crippen LogP contribution is 2.33. The summed E-state index contributed by atoms with van der Waals surface area (Å²) in [7, 11) is 1.64. The van der Waals surface area contributed by atoms with E-state index in [1.165, 1.54) is 0 Å². The average Bonchev–Trinajstić information content (AvgIpc) is 2.42. The zero-order valence-corrected chi connectivity index (χ0v) is 13.0. The second-order valence-electron chi connectivity index (χ2n) is 5.03. The van der Waals surface area contributed by atoms with Gasteiger partial charge in [-0.1, -0.05) is 41.4 Å². The standard InChI is InChI=1S/C16H17Cl2NO/c1-16(19,13-5-3-4-6-15(13)20-2)10-11-9-12(17)7-8-14(11)18/h3-9H,10,19H2,1-2H3. The molecule has 1 atom stereocenters. The van der Waals surface area contributed by atoms with Gasteiger partial charge in [0.15, 0.2) is 0 Å². The third-order valence-electron chi connectivity index (χ3n) is 3.29. The maximum Gasteiger partial charge on any atom is 0.123 e. The average molecular weight is 310 g/mol. The molecule has 2 nitrogen and oxygen atoms in total. The molecule has 0 aliphatic carbocycles. The molecule has 0 aliphatic rings. The lowest BCUT2D eigenvalue weighted by molar-refractivity contribution is 0.386. The van der Waals surface area contributed by atoms with E-state index in [1.807, 2.05) is 37.3 Å². The Morgan fingerprint density at radius 1 is 1.15 bits per heavy atom. The van der Waals surface area contributed by atoms with Crippen LogP contribution < -0.4 is 10.5 Å². The summed E-state index contributed by atoms with van der Waals surface area (Å²) in [6.45, 7) is 1.96. The molecule has 0 heterocycles. The smallest absolute Gasteiger partial charge is 0.123 e. The van der Waals surface area contributed by atoms with E-state index in [-0.39, 0.29) is 0 Å². The molecule has 0 spiro atoms. The van der Waals surface area contributed by atoms with Gasteiger partial charge in [0, 0.05) is 21.1 Å². The molecule has 0 saturated heterocycles. The van der Waals surface area contributed by atoms with Gasteiger partial charge in [-0.2, -0.15) is 0 Å². The molecule has 0 bridgehead atoms. The molecule has 106 valence electrons. The first-order valence-corrected chi connectivity index (χ1v) is 7.06. The molecular weight excluding hydrogens is 293 g/mol. The summed E-state index contributed by atoms with van der Waals surface area (Å²) in [5, 5.41) is 1.32. The largest absolute Gasteiger partial charge is 0.496 e. The Labute approximate surface area is 129 Å².